The summed E-state index contributed by atoms with van der Waals surface area (Å²) < 4.78 is 10.7. The van der Waals surface area contributed by atoms with Crippen molar-refractivity contribution in [3.05, 3.63) is 59.7 Å². The van der Waals surface area contributed by atoms with E-state index >= 15 is 0 Å². The highest BCUT2D eigenvalue weighted by molar-refractivity contribution is 14.0. The molecule has 0 aliphatic carbocycles. The Morgan fingerprint density at radius 2 is 1.83 bits per heavy atom. The van der Waals surface area contributed by atoms with Gasteiger partial charge >= 0.3 is 0 Å². The first-order chi connectivity index (χ1) is 13.7. The predicted octanol–water partition coefficient (Wildman–Crippen LogP) is 4.00. The molecule has 0 aromatic heterocycles. The molecule has 0 radical (unpaired) electrons. The zero-order valence-corrected chi connectivity index (χ0v) is 19.9. The predicted molar refractivity (Wildman–Crippen MR) is 130 cm³/mol. The van der Waals surface area contributed by atoms with Crippen molar-refractivity contribution in [1.82, 2.24) is 10.2 Å². The summed E-state index contributed by atoms with van der Waals surface area (Å²) >= 11 is 0. The molecule has 2 aromatic rings. The van der Waals surface area contributed by atoms with Crippen molar-refractivity contribution in [2.24, 2.45) is 10.9 Å². The summed E-state index contributed by atoms with van der Waals surface area (Å²) in [6, 6.07) is 16.8. The average Bonchev–Trinajstić information content (AvgIpc) is 3.20. The SMILES string of the molecule is CN=C(NCCc1ccc(OC)c(OC)c1)N1CCC(Cc2ccccc2)C1.I. The number of ether oxygens (including phenoxy) is 2. The van der Waals surface area contributed by atoms with Gasteiger partial charge in [-0.1, -0.05) is 36.4 Å². The molecule has 1 N–H and O–H groups in total. The number of hydrogen-bond donors (Lipinski definition) is 1. The Bertz CT molecular complexity index is 783. The van der Waals surface area contributed by atoms with E-state index in [9.17, 15) is 0 Å². The Kier molecular flexibility index (Phi) is 9.57. The van der Waals surface area contributed by atoms with E-state index in [4.69, 9.17) is 9.47 Å². The molecular weight excluding hydrogens is 477 g/mol. The van der Waals surface area contributed by atoms with Crippen LogP contribution in [0.2, 0.25) is 0 Å². The highest BCUT2D eigenvalue weighted by Gasteiger charge is 2.24. The largest absolute Gasteiger partial charge is 0.493 e. The maximum absolute atomic E-state index is 5.39. The van der Waals surface area contributed by atoms with Crippen LogP contribution in [0.15, 0.2) is 53.5 Å². The van der Waals surface area contributed by atoms with Crippen LogP contribution in [0.3, 0.4) is 0 Å². The van der Waals surface area contributed by atoms with Gasteiger partial charge in [-0.2, -0.15) is 0 Å². The number of nitrogens with zero attached hydrogens (tertiary/aromatic N) is 2. The molecule has 0 amide bonds. The first-order valence-electron chi connectivity index (χ1n) is 9.94. The minimum Gasteiger partial charge on any atom is -0.493 e. The van der Waals surface area contributed by atoms with E-state index in [-0.39, 0.29) is 24.0 Å². The first kappa shape index (κ1) is 23.3. The highest BCUT2D eigenvalue weighted by atomic mass is 127. The van der Waals surface area contributed by atoms with E-state index in [0.29, 0.717) is 5.92 Å². The Morgan fingerprint density at radius 1 is 1.07 bits per heavy atom. The minimum absolute atomic E-state index is 0. The zero-order valence-electron chi connectivity index (χ0n) is 17.6. The third kappa shape index (κ3) is 6.52. The molecular formula is C23H32IN3O2. The zero-order chi connectivity index (χ0) is 19.8. The van der Waals surface area contributed by atoms with Crippen LogP contribution in [-0.2, 0) is 12.8 Å². The van der Waals surface area contributed by atoms with Gasteiger partial charge in [0.1, 0.15) is 0 Å². The van der Waals surface area contributed by atoms with E-state index in [0.717, 1.165) is 49.9 Å². The van der Waals surface area contributed by atoms with Crippen molar-refractivity contribution in [3.63, 3.8) is 0 Å². The molecule has 1 aliphatic rings. The lowest BCUT2D eigenvalue weighted by Crippen LogP contribution is -2.41. The number of nitrogens with one attached hydrogen (secondary N) is 1. The molecule has 5 nitrogen and oxygen atoms in total. The van der Waals surface area contributed by atoms with Gasteiger partial charge in [-0.25, -0.2) is 0 Å². The van der Waals surface area contributed by atoms with Crippen molar-refractivity contribution in [2.45, 2.75) is 19.3 Å². The second-order valence-corrected chi connectivity index (χ2v) is 7.20. The van der Waals surface area contributed by atoms with Gasteiger partial charge in [0.15, 0.2) is 17.5 Å². The van der Waals surface area contributed by atoms with Crippen LogP contribution in [0.4, 0.5) is 0 Å². The Balaban J connectivity index is 0.00000300. The van der Waals surface area contributed by atoms with Crippen molar-refractivity contribution in [1.29, 1.82) is 0 Å². The molecule has 2 aromatic carbocycles. The van der Waals surface area contributed by atoms with Crippen LogP contribution in [0.1, 0.15) is 17.5 Å². The van der Waals surface area contributed by atoms with Crippen LogP contribution >= 0.6 is 24.0 Å². The maximum atomic E-state index is 5.39. The van der Waals surface area contributed by atoms with Gasteiger partial charge in [0, 0.05) is 26.7 Å². The topological polar surface area (TPSA) is 46.1 Å². The van der Waals surface area contributed by atoms with Gasteiger partial charge in [0.25, 0.3) is 0 Å². The molecule has 0 spiro atoms. The second-order valence-electron chi connectivity index (χ2n) is 7.20. The number of rotatable bonds is 7. The monoisotopic (exact) mass is 509 g/mol. The lowest BCUT2D eigenvalue weighted by atomic mass is 9.99. The number of likely N-dealkylation sites (tertiary alicyclic amines) is 1. The van der Waals surface area contributed by atoms with Gasteiger partial charge in [-0.3, -0.25) is 4.99 Å². The number of benzene rings is 2. The lowest BCUT2D eigenvalue weighted by molar-refractivity contribution is 0.354. The molecule has 0 bridgehead atoms. The molecule has 29 heavy (non-hydrogen) atoms. The molecule has 158 valence electrons. The first-order valence-corrected chi connectivity index (χ1v) is 9.94. The highest BCUT2D eigenvalue weighted by Crippen LogP contribution is 2.27. The minimum atomic E-state index is 0. The molecule has 1 heterocycles. The second kappa shape index (κ2) is 11.9. The van der Waals surface area contributed by atoms with Crippen molar-refractivity contribution in [2.75, 3.05) is 40.9 Å². The number of aliphatic imine (C=N–C) groups is 1. The molecule has 6 heteroatoms. The summed E-state index contributed by atoms with van der Waals surface area (Å²) in [5.41, 5.74) is 2.63. The Hall–Kier alpha value is -1.96. The summed E-state index contributed by atoms with van der Waals surface area (Å²) in [5.74, 6) is 3.21. The van der Waals surface area contributed by atoms with Crippen LogP contribution in [-0.4, -0.2) is 51.8 Å². The number of methoxy groups -OCH3 is 2. The van der Waals surface area contributed by atoms with E-state index in [1.807, 2.05) is 19.2 Å². The van der Waals surface area contributed by atoms with E-state index in [1.54, 1.807) is 14.2 Å². The van der Waals surface area contributed by atoms with Gasteiger partial charge in [-0.05, 0) is 48.4 Å². The fourth-order valence-electron chi connectivity index (χ4n) is 3.83. The van der Waals surface area contributed by atoms with Crippen LogP contribution < -0.4 is 14.8 Å². The molecule has 0 saturated carbocycles. The van der Waals surface area contributed by atoms with Crippen molar-refractivity contribution >= 4 is 29.9 Å². The average molecular weight is 509 g/mol. The summed E-state index contributed by atoms with van der Waals surface area (Å²) in [4.78, 5) is 6.87. The molecule has 1 atom stereocenters. The maximum Gasteiger partial charge on any atom is 0.193 e. The number of guanidine groups is 1. The number of halogens is 1. The molecule has 1 unspecified atom stereocenters. The summed E-state index contributed by atoms with van der Waals surface area (Å²) in [7, 11) is 5.19. The normalized spacial score (nSPS) is 16.3. The summed E-state index contributed by atoms with van der Waals surface area (Å²) in [6.07, 6.45) is 3.26. The molecule has 1 aliphatic heterocycles. The van der Waals surface area contributed by atoms with Gasteiger partial charge in [0.05, 0.1) is 14.2 Å². The summed E-state index contributed by atoms with van der Waals surface area (Å²) in [6.45, 7) is 2.96. The fourth-order valence-corrected chi connectivity index (χ4v) is 3.83. The smallest absolute Gasteiger partial charge is 0.193 e. The quantitative estimate of drug-likeness (QED) is 0.348. The van der Waals surface area contributed by atoms with Gasteiger partial charge < -0.3 is 19.7 Å². The van der Waals surface area contributed by atoms with Gasteiger partial charge in [-0.15, -0.1) is 24.0 Å². The van der Waals surface area contributed by atoms with Crippen molar-refractivity contribution in [3.8, 4) is 11.5 Å². The van der Waals surface area contributed by atoms with Crippen LogP contribution in [0, 0.1) is 5.92 Å². The van der Waals surface area contributed by atoms with E-state index in [2.05, 4.69) is 51.6 Å². The third-order valence-corrected chi connectivity index (χ3v) is 5.31. The Morgan fingerprint density at radius 3 is 2.52 bits per heavy atom. The molecule has 3 rings (SSSR count). The van der Waals surface area contributed by atoms with E-state index in [1.165, 1.54) is 17.5 Å². The number of hydrogen-bond acceptors (Lipinski definition) is 3. The molecule has 1 saturated heterocycles. The van der Waals surface area contributed by atoms with Crippen LogP contribution in [0.25, 0.3) is 0 Å². The Labute approximate surface area is 191 Å². The van der Waals surface area contributed by atoms with Crippen LogP contribution in [0.5, 0.6) is 11.5 Å². The van der Waals surface area contributed by atoms with Gasteiger partial charge in [0.2, 0.25) is 0 Å². The third-order valence-electron chi connectivity index (χ3n) is 5.31. The molecule has 1 fully saturated rings. The fraction of sp³-hybridized carbons (Fsp3) is 0.435. The standard InChI is InChI=1S/C23H31N3O2.HI/c1-24-23(25-13-11-19-9-10-21(27-2)22(16-19)28-3)26-14-12-20(17-26)15-18-7-5-4-6-8-18;/h4-10,16,20H,11-15,17H2,1-3H3,(H,24,25);1H. The summed E-state index contributed by atoms with van der Waals surface area (Å²) in [5, 5.41) is 3.51. The van der Waals surface area contributed by atoms with E-state index < -0.39 is 0 Å². The van der Waals surface area contributed by atoms with Crippen molar-refractivity contribution < 1.29 is 9.47 Å². The lowest BCUT2D eigenvalue weighted by Gasteiger charge is -2.22.